The standard InChI is InChI=1S/C44H45ClN6O5/c45-31-7-5-9-33-38(31)40(54)47-43-44(18-2-1-3-19-44)30-11-10-28(24-35(30)50(33)43)27-16-20-48(21-17-27)25-26-14-22-49(23-15-26)32-8-4-6-29-37(32)42(56)51(41(29)55)34-12-13-36(52)46-39(34)53/h4-11,24,26-27,34H,1-3,12-23,25H2,(H,46,52,53). The average molecular weight is 773 g/mol. The summed E-state index contributed by atoms with van der Waals surface area (Å²) in [6.07, 6.45) is 9.86. The van der Waals surface area contributed by atoms with Crippen LogP contribution in [0.1, 0.15) is 114 Å². The number of imide groups is 2. The minimum absolute atomic E-state index is 0.0985. The van der Waals surface area contributed by atoms with E-state index in [0.717, 1.165) is 112 Å². The van der Waals surface area contributed by atoms with Gasteiger partial charge in [0.15, 0.2) is 0 Å². The summed E-state index contributed by atoms with van der Waals surface area (Å²) in [6.45, 7) is 4.69. The first-order valence-corrected chi connectivity index (χ1v) is 20.8. The molecule has 4 aromatic rings. The third-order valence-electron chi connectivity index (χ3n) is 13.8. The van der Waals surface area contributed by atoms with Crippen LogP contribution in [0.5, 0.6) is 0 Å². The van der Waals surface area contributed by atoms with Crippen molar-refractivity contribution in [2.24, 2.45) is 5.92 Å². The van der Waals surface area contributed by atoms with E-state index in [2.05, 4.69) is 37.9 Å². The Balaban J connectivity index is 0.808. The van der Waals surface area contributed by atoms with Crippen molar-refractivity contribution in [2.75, 3.05) is 37.6 Å². The SMILES string of the molecule is O=C1CCC(N2C(=O)c3cccc(N4CCC(CN5CCC(c6ccc7c(c6)-n6c(nc(=O)c8c(Cl)cccc86)C76CCCCC6)CC5)CC4)c3C2=O)C(=O)N1. The van der Waals surface area contributed by atoms with E-state index < -0.39 is 23.8 Å². The van der Waals surface area contributed by atoms with Gasteiger partial charge in [0.2, 0.25) is 11.8 Å². The van der Waals surface area contributed by atoms with Gasteiger partial charge in [-0.05, 0) is 111 Å². The van der Waals surface area contributed by atoms with Crippen LogP contribution in [0.3, 0.4) is 0 Å². The number of halogens is 1. The number of fused-ring (bicyclic) bond motifs is 8. The van der Waals surface area contributed by atoms with E-state index in [1.54, 1.807) is 12.1 Å². The molecule has 4 fully saturated rings. The summed E-state index contributed by atoms with van der Waals surface area (Å²) < 4.78 is 2.25. The molecular formula is C44H45ClN6O5. The van der Waals surface area contributed by atoms with Crippen LogP contribution in [0.2, 0.25) is 5.02 Å². The van der Waals surface area contributed by atoms with E-state index in [1.165, 1.54) is 17.5 Å². The summed E-state index contributed by atoms with van der Waals surface area (Å²) in [7, 11) is 0. The van der Waals surface area contributed by atoms with E-state index >= 15 is 0 Å². The van der Waals surface area contributed by atoms with Gasteiger partial charge in [-0.2, -0.15) is 4.98 Å². The number of piperidine rings is 3. The van der Waals surface area contributed by atoms with E-state index in [-0.39, 0.29) is 29.7 Å². The lowest BCUT2D eigenvalue weighted by Gasteiger charge is -2.39. The van der Waals surface area contributed by atoms with Gasteiger partial charge < -0.3 is 9.80 Å². The van der Waals surface area contributed by atoms with Crippen molar-refractivity contribution in [3.8, 4) is 5.69 Å². The zero-order valence-electron chi connectivity index (χ0n) is 31.4. The molecule has 5 aliphatic heterocycles. The van der Waals surface area contributed by atoms with Crippen molar-refractivity contribution in [1.82, 2.24) is 24.7 Å². The molecule has 1 N–H and O–H groups in total. The number of hydrogen-bond donors (Lipinski definition) is 1. The van der Waals surface area contributed by atoms with Gasteiger partial charge in [-0.3, -0.25) is 38.8 Å². The van der Waals surface area contributed by atoms with Crippen LogP contribution in [-0.4, -0.2) is 81.7 Å². The highest BCUT2D eigenvalue weighted by molar-refractivity contribution is 6.35. The third kappa shape index (κ3) is 5.56. The Morgan fingerprint density at radius 3 is 2.34 bits per heavy atom. The zero-order valence-corrected chi connectivity index (χ0v) is 32.2. The van der Waals surface area contributed by atoms with Crippen molar-refractivity contribution in [1.29, 1.82) is 0 Å². The van der Waals surface area contributed by atoms with Crippen LogP contribution < -0.4 is 15.8 Å². The van der Waals surface area contributed by atoms with Gasteiger partial charge in [0.05, 0.1) is 43.8 Å². The van der Waals surface area contributed by atoms with Gasteiger partial charge >= 0.3 is 0 Å². The molecule has 12 heteroatoms. The summed E-state index contributed by atoms with van der Waals surface area (Å²) >= 11 is 6.60. The molecule has 3 saturated heterocycles. The van der Waals surface area contributed by atoms with E-state index in [4.69, 9.17) is 16.6 Å². The predicted octanol–water partition coefficient (Wildman–Crippen LogP) is 6.10. The first kappa shape index (κ1) is 35.5. The van der Waals surface area contributed by atoms with Crippen molar-refractivity contribution < 1.29 is 19.2 Å². The molecule has 10 rings (SSSR count). The molecule has 1 unspecified atom stereocenters. The summed E-state index contributed by atoms with van der Waals surface area (Å²) in [5.74, 6) is -0.0238. The molecule has 0 bridgehead atoms. The number of likely N-dealkylation sites (tertiary alicyclic amines) is 1. The normalized spacial score (nSPS) is 22.8. The second kappa shape index (κ2) is 13.7. The fraction of sp³-hybridized carbons (Fsp3) is 0.455. The maximum Gasteiger partial charge on any atom is 0.282 e. The second-order valence-electron chi connectivity index (χ2n) is 16.8. The molecule has 0 radical (unpaired) electrons. The molecule has 6 heterocycles. The maximum atomic E-state index is 13.7. The van der Waals surface area contributed by atoms with Crippen molar-refractivity contribution in [2.45, 2.75) is 88.0 Å². The number of rotatable bonds is 5. The lowest BCUT2D eigenvalue weighted by molar-refractivity contribution is -0.136. The van der Waals surface area contributed by atoms with E-state index in [0.29, 0.717) is 33.4 Å². The summed E-state index contributed by atoms with van der Waals surface area (Å²) in [5, 5.41) is 3.22. The number of benzene rings is 3. The van der Waals surface area contributed by atoms with Gasteiger partial charge in [0.1, 0.15) is 11.9 Å². The van der Waals surface area contributed by atoms with Gasteiger partial charge in [-0.15, -0.1) is 0 Å². The Hall–Kier alpha value is -4.87. The smallest absolute Gasteiger partial charge is 0.282 e. The molecule has 4 amide bonds. The first-order chi connectivity index (χ1) is 27.2. The molecule has 1 saturated carbocycles. The van der Waals surface area contributed by atoms with Crippen LogP contribution in [0, 0.1) is 5.92 Å². The van der Waals surface area contributed by atoms with Gasteiger partial charge in [0, 0.05) is 26.1 Å². The second-order valence-corrected chi connectivity index (χ2v) is 17.2. The van der Waals surface area contributed by atoms with Crippen molar-refractivity contribution in [3.63, 3.8) is 0 Å². The number of nitrogens with zero attached hydrogens (tertiary/aromatic N) is 5. The highest BCUT2D eigenvalue weighted by Crippen LogP contribution is 2.52. The quantitative estimate of drug-likeness (QED) is 0.242. The zero-order chi connectivity index (χ0) is 38.3. The van der Waals surface area contributed by atoms with Crippen LogP contribution in [0.25, 0.3) is 16.6 Å². The van der Waals surface area contributed by atoms with Crippen LogP contribution in [0.15, 0.2) is 59.4 Å². The molecule has 3 aromatic carbocycles. The van der Waals surface area contributed by atoms with Gasteiger partial charge in [-0.1, -0.05) is 55.1 Å². The maximum absolute atomic E-state index is 13.7. The number of nitrogens with one attached hydrogen (secondary N) is 1. The molecule has 56 heavy (non-hydrogen) atoms. The average Bonchev–Trinajstić information content (AvgIpc) is 3.61. The van der Waals surface area contributed by atoms with Crippen LogP contribution in [-0.2, 0) is 15.0 Å². The third-order valence-corrected chi connectivity index (χ3v) is 14.1. The van der Waals surface area contributed by atoms with Crippen LogP contribution in [0.4, 0.5) is 5.69 Å². The van der Waals surface area contributed by atoms with E-state index in [9.17, 15) is 24.0 Å². The number of anilines is 1. The number of carbonyl (C=O) groups is 4. The number of amides is 4. The highest BCUT2D eigenvalue weighted by Gasteiger charge is 2.48. The monoisotopic (exact) mass is 772 g/mol. The van der Waals surface area contributed by atoms with Crippen molar-refractivity contribution >= 4 is 51.8 Å². The Bertz CT molecular complexity index is 2390. The molecule has 1 atom stereocenters. The fourth-order valence-corrected chi connectivity index (χ4v) is 11.1. The Morgan fingerprint density at radius 1 is 0.804 bits per heavy atom. The minimum Gasteiger partial charge on any atom is -0.371 e. The number of hydrogen-bond acceptors (Lipinski definition) is 8. The number of aromatic nitrogens is 2. The largest absolute Gasteiger partial charge is 0.371 e. The van der Waals surface area contributed by atoms with Crippen molar-refractivity contribution in [3.05, 3.63) is 98.1 Å². The fourth-order valence-electron chi connectivity index (χ4n) is 10.9. The minimum atomic E-state index is -0.972. The predicted molar refractivity (Wildman–Crippen MR) is 213 cm³/mol. The summed E-state index contributed by atoms with van der Waals surface area (Å²) in [6, 6.07) is 17.2. The Morgan fingerprint density at radius 2 is 1.57 bits per heavy atom. The molecule has 1 aliphatic carbocycles. The van der Waals surface area contributed by atoms with Gasteiger partial charge in [-0.25, -0.2) is 0 Å². The summed E-state index contributed by atoms with van der Waals surface area (Å²) in [4.78, 5) is 75.4. The Labute approximate surface area is 330 Å². The summed E-state index contributed by atoms with van der Waals surface area (Å²) in [5.41, 5.74) is 5.63. The van der Waals surface area contributed by atoms with Crippen LogP contribution >= 0.6 is 11.6 Å². The molecular weight excluding hydrogens is 728 g/mol. The first-order valence-electron chi connectivity index (χ1n) is 20.4. The topological polar surface area (TPSA) is 125 Å². The Kier molecular flexibility index (Phi) is 8.67. The molecule has 1 spiro atoms. The number of carbonyl (C=O) groups excluding carboxylic acids is 4. The van der Waals surface area contributed by atoms with E-state index in [1.807, 2.05) is 24.3 Å². The lowest BCUT2D eigenvalue weighted by atomic mass is 9.69. The highest BCUT2D eigenvalue weighted by atomic mass is 35.5. The molecule has 11 nitrogen and oxygen atoms in total. The van der Waals surface area contributed by atoms with Gasteiger partial charge in [0.25, 0.3) is 17.4 Å². The molecule has 6 aliphatic rings. The lowest BCUT2D eigenvalue weighted by Crippen LogP contribution is -2.54. The molecule has 1 aromatic heterocycles. The molecule has 288 valence electrons.